The lowest BCUT2D eigenvalue weighted by atomic mass is 10.1. The fourth-order valence-corrected chi connectivity index (χ4v) is 2.53. The molecule has 1 saturated carbocycles. The van der Waals surface area contributed by atoms with Gasteiger partial charge < -0.3 is 5.32 Å². The normalized spacial score (nSPS) is 14.8. The number of anilines is 1. The second-order valence-electron chi connectivity index (χ2n) is 5.91. The van der Waals surface area contributed by atoms with E-state index in [4.69, 9.17) is 0 Å². The molecule has 0 heterocycles. The van der Waals surface area contributed by atoms with Crippen LogP contribution in [0.4, 0.5) is 11.4 Å². The number of rotatable bonds is 7. The molecule has 0 radical (unpaired) electrons. The molecule has 0 spiro atoms. The van der Waals surface area contributed by atoms with Crippen molar-refractivity contribution < 1.29 is 4.92 Å². The first-order valence-corrected chi connectivity index (χ1v) is 7.20. The summed E-state index contributed by atoms with van der Waals surface area (Å²) in [5.41, 5.74) is 1.86. The van der Waals surface area contributed by atoms with Gasteiger partial charge in [-0.2, -0.15) is 0 Å². The van der Waals surface area contributed by atoms with Crippen molar-refractivity contribution in [3.8, 4) is 0 Å². The van der Waals surface area contributed by atoms with Crippen LogP contribution in [0.3, 0.4) is 0 Å². The Balaban J connectivity index is 2.13. The molecule has 5 nitrogen and oxygen atoms in total. The summed E-state index contributed by atoms with van der Waals surface area (Å²) in [6.45, 7) is 6.40. The van der Waals surface area contributed by atoms with Gasteiger partial charge in [-0.1, -0.05) is 19.9 Å². The lowest BCUT2D eigenvalue weighted by molar-refractivity contribution is -0.384. The van der Waals surface area contributed by atoms with Crippen LogP contribution >= 0.6 is 0 Å². The molecule has 2 rings (SSSR count). The maximum Gasteiger partial charge on any atom is 0.292 e. The molecule has 1 aromatic rings. The van der Waals surface area contributed by atoms with Crippen LogP contribution in [0.15, 0.2) is 18.2 Å². The third-order valence-electron chi connectivity index (χ3n) is 3.58. The third kappa shape index (κ3) is 3.70. The van der Waals surface area contributed by atoms with Gasteiger partial charge >= 0.3 is 0 Å². The van der Waals surface area contributed by atoms with Gasteiger partial charge in [-0.25, -0.2) is 0 Å². The average Bonchev–Trinajstić information content (AvgIpc) is 3.21. The van der Waals surface area contributed by atoms with Gasteiger partial charge in [0.05, 0.1) is 4.92 Å². The molecule has 1 aliphatic rings. The third-order valence-corrected chi connectivity index (χ3v) is 3.58. The zero-order chi connectivity index (χ0) is 14.7. The van der Waals surface area contributed by atoms with Crippen molar-refractivity contribution >= 4 is 11.4 Å². The summed E-state index contributed by atoms with van der Waals surface area (Å²) in [6, 6.07) is 6.06. The SMILES string of the molecule is CNc1cc(CN(CC(C)C)C2CC2)ccc1[N+](=O)[O-]. The molecule has 1 N–H and O–H groups in total. The van der Waals surface area contributed by atoms with Gasteiger partial charge in [0.2, 0.25) is 0 Å². The number of nitrogens with one attached hydrogen (secondary N) is 1. The maximum atomic E-state index is 10.9. The smallest absolute Gasteiger partial charge is 0.292 e. The molecule has 0 unspecified atom stereocenters. The lowest BCUT2D eigenvalue weighted by Crippen LogP contribution is -2.29. The highest BCUT2D eigenvalue weighted by Gasteiger charge is 2.29. The standard InChI is InChI=1S/C15H23N3O2/c1-11(2)9-17(13-5-6-13)10-12-4-7-15(18(19)20)14(8-12)16-3/h4,7-8,11,13,16H,5-6,9-10H2,1-3H3. The Hall–Kier alpha value is -1.62. The van der Waals surface area contributed by atoms with Gasteiger partial charge in [0, 0.05) is 32.2 Å². The zero-order valence-corrected chi connectivity index (χ0v) is 12.4. The van der Waals surface area contributed by atoms with E-state index in [9.17, 15) is 10.1 Å². The van der Waals surface area contributed by atoms with Gasteiger partial charge in [-0.3, -0.25) is 15.0 Å². The first-order chi connectivity index (χ1) is 9.51. The number of hydrogen-bond acceptors (Lipinski definition) is 4. The van der Waals surface area contributed by atoms with Gasteiger partial charge in [-0.05, 0) is 30.4 Å². The van der Waals surface area contributed by atoms with Crippen molar-refractivity contribution in [1.29, 1.82) is 0 Å². The quantitative estimate of drug-likeness (QED) is 0.614. The molecular weight excluding hydrogens is 254 g/mol. The van der Waals surface area contributed by atoms with Crippen LogP contribution < -0.4 is 5.32 Å². The van der Waals surface area contributed by atoms with E-state index in [1.165, 1.54) is 12.8 Å². The first-order valence-electron chi connectivity index (χ1n) is 7.20. The van der Waals surface area contributed by atoms with Gasteiger partial charge in [0.15, 0.2) is 0 Å². The van der Waals surface area contributed by atoms with E-state index in [1.807, 2.05) is 12.1 Å². The van der Waals surface area contributed by atoms with E-state index in [2.05, 4.69) is 24.1 Å². The van der Waals surface area contributed by atoms with Gasteiger partial charge in [0.1, 0.15) is 5.69 Å². The highest BCUT2D eigenvalue weighted by molar-refractivity contribution is 5.62. The summed E-state index contributed by atoms with van der Waals surface area (Å²) in [5, 5.41) is 13.8. The topological polar surface area (TPSA) is 58.4 Å². The fraction of sp³-hybridized carbons (Fsp3) is 0.600. The summed E-state index contributed by atoms with van der Waals surface area (Å²) >= 11 is 0. The van der Waals surface area contributed by atoms with E-state index < -0.39 is 0 Å². The highest BCUT2D eigenvalue weighted by atomic mass is 16.6. The lowest BCUT2D eigenvalue weighted by Gasteiger charge is -2.24. The monoisotopic (exact) mass is 277 g/mol. The van der Waals surface area contributed by atoms with E-state index in [0.717, 1.165) is 18.7 Å². The van der Waals surface area contributed by atoms with Crippen molar-refractivity contribution in [3.63, 3.8) is 0 Å². The second-order valence-corrected chi connectivity index (χ2v) is 5.91. The van der Waals surface area contributed by atoms with E-state index >= 15 is 0 Å². The van der Waals surface area contributed by atoms with Crippen LogP contribution in [0.1, 0.15) is 32.3 Å². The summed E-state index contributed by atoms with van der Waals surface area (Å²) in [4.78, 5) is 13.1. The summed E-state index contributed by atoms with van der Waals surface area (Å²) in [7, 11) is 1.72. The van der Waals surface area contributed by atoms with E-state index in [0.29, 0.717) is 17.6 Å². The Morgan fingerprint density at radius 3 is 2.65 bits per heavy atom. The summed E-state index contributed by atoms with van der Waals surface area (Å²) in [5.74, 6) is 0.636. The average molecular weight is 277 g/mol. The van der Waals surface area contributed by atoms with Crippen molar-refractivity contribution in [2.24, 2.45) is 5.92 Å². The molecule has 0 saturated heterocycles. The van der Waals surface area contributed by atoms with E-state index in [1.54, 1.807) is 13.1 Å². The molecule has 1 fully saturated rings. The molecule has 0 aromatic heterocycles. The van der Waals surface area contributed by atoms with Crippen LogP contribution in [-0.2, 0) is 6.54 Å². The van der Waals surface area contributed by atoms with Crippen LogP contribution in [0.2, 0.25) is 0 Å². The molecule has 5 heteroatoms. The molecular formula is C15H23N3O2. The minimum atomic E-state index is -0.345. The van der Waals surface area contributed by atoms with Gasteiger partial charge in [0.25, 0.3) is 5.69 Å². The predicted octanol–water partition coefficient (Wildman–Crippen LogP) is 3.26. The molecule has 0 aliphatic heterocycles. The van der Waals surface area contributed by atoms with Crippen molar-refractivity contribution in [1.82, 2.24) is 4.90 Å². The molecule has 1 aliphatic carbocycles. The van der Waals surface area contributed by atoms with Crippen molar-refractivity contribution in [2.75, 3.05) is 18.9 Å². The van der Waals surface area contributed by atoms with Crippen LogP contribution in [0.5, 0.6) is 0 Å². The van der Waals surface area contributed by atoms with Crippen molar-refractivity contribution in [2.45, 2.75) is 39.3 Å². The Kier molecular flexibility index (Phi) is 4.60. The molecule has 20 heavy (non-hydrogen) atoms. The Bertz CT molecular complexity index is 484. The highest BCUT2D eigenvalue weighted by Crippen LogP contribution is 2.31. The van der Waals surface area contributed by atoms with Crippen LogP contribution in [-0.4, -0.2) is 29.5 Å². The zero-order valence-electron chi connectivity index (χ0n) is 12.4. The Morgan fingerprint density at radius 1 is 1.45 bits per heavy atom. The number of nitrogens with zero attached hydrogens (tertiary/aromatic N) is 2. The van der Waals surface area contributed by atoms with Crippen LogP contribution in [0, 0.1) is 16.0 Å². The molecule has 110 valence electrons. The Labute approximate surface area is 120 Å². The molecule has 1 aromatic carbocycles. The largest absolute Gasteiger partial charge is 0.383 e. The summed E-state index contributed by atoms with van der Waals surface area (Å²) in [6.07, 6.45) is 2.55. The minimum absolute atomic E-state index is 0.137. The Morgan fingerprint density at radius 2 is 2.15 bits per heavy atom. The fourth-order valence-electron chi connectivity index (χ4n) is 2.53. The number of nitro benzene ring substituents is 1. The predicted molar refractivity (Wildman–Crippen MR) is 80.9 cm³/mol. The summed E-state index contributed by atoms with van der Waals surface area (Å²) < 4.78 is 0. The number of hydrogen-bond donors (Lipinski definition) is 1. The second kappa shape index (κ2) is 6.22. The number of benzene rings is 1. The molecule has 0 bridgehead atoms. The van der Waals surface area contributed by atoms with E-state index in [-0.39, 0.29) is 10.6 Å². The van der Waals surface area contributed by atoms with Crippen molar-refractivity contribution in [3.05, 3.63) is 33.9 Å². The maximum absolute atomic E-state index is 10.9. The minimum Gasteiger partial charge on any atom is -0.383 e. The van der Waals surface area contributed by atoms with Gasteiger partial charge in [-0.15, -0.1) is 0 Å². The first kappa shape index (κ1) is 14.8. The molecule has 0 amide bonds. The number of nitro groups is 1. The molecule has 0 atom stereocenters. The van der Waals surface area contributed by atoms with Crippen LogP contribution in [0.25, 0.3) is 0 Å².